The Balaban J connectivity index is 2.35. The highest BCUT2D eigenvalue weighted by molar-refractivity contribution is 14.1. The van der Waals surface area contributed by atoms with E-state index in [1.54, 1.807) is 0 Å². The SMILES string of the molecule is Cc1cccc(Nc2ccc(Cl)cc2I)c1N. The molecule has 0 bridgehead atoms. The summed E-state index contributed by atoms with van der Waals surface area (Å²) in [6.45, 7) is 1.99. The normalized spacial score (nSPS) is 10.3. The molecule has 0 aliphatic rings. The molecule has 17 heavy (non-hydrogen) atoms. The van der Waals surface area contributed by atoms with Crippen LogP contribution < -0.4 is 11.1 Å². The summed E-state index contributed by atoms with van der Waals surface area (Å²) >= 11 is 8.16. The zero-order valence-corrected chi connectivity index (χ0v) is 12.2. The number of aryl methyl sites for hydroxylation is 1. The fourth-order valence-electron chi connectivity index (χ4n) is 1.53. The van der Waals surface area contributed by atoms with E-state index in [-0.39, 0.29) is 0 Å². The Bertz CT molecular complexity index is 555. The average molecular weight is 359 g/mol. The van der Waals surface area contributed by atoms with E-state index in [1.165, 1.54) is 0 Å². The topological polar surface area (TPSA) is 38.0 Å². The van der Waals surface area contributed by atoms with Crippen LogP contribution in [0.3, 0.4) is 0 Å². The molecule has 88 valence electrons. The molecule has 0 spiro atoms. The minimum atomic E-state index is 0.733. The van der Waals surface area contributed by atoms with Gasteiger partial charge in [0.1, 0.15) is 0 Å². The van der Waals surface area contributed by atoms with E-state index < -0.39 is 0 Å². The number of nitrogen functional groups attached to an aromatic ring is 1. The number of nitrogens with one attached hydrogen (secondary N) is 1. The minimum absolute atomic E-state index is 0.733. The quantitative estimate of drug-likeness (QED) is 0.609. The summed E-state index contributed by atoms with van der Waals surface area (Å²) in [5.41, 5.74) is 9.79. The van der Waals surface area contributed by atoms with Gasteiger partial charge in [-0.05, 0) is 59.3 Å². The number of para-hydroxylation sites is 1. The van der Waals surface area contributed by atoms with Crippen LogP contribution in [0.4, 0.5) is 17.1 Å². The lowest BCUT2D eigenvalue weighted by atomic mass is 10.1. The van der Waals surface area contributed by atoms with Crippen LogP contribution in [0.2, 0.25) is 5.02 Å². The molecule has 2 nitrogen and oxygen atoms in total. The first-order valence-electron chi connectivity index (χ1n) is 5.15. The van der Waals surface area contributed by atoms with E-state index >= 15 is 0 Å². The van der Waals surface area contributed by atoms with E-state index in [9.17, 15) is 0 Å². The molecule has 4 heteroatoms. The van der Waals surface area contributed by atoms with Gasteiger partial charge in [0.2, 0.25) is 0 Å². The van der Waals surface area contributed by atoms with Crippen LogP contribution in [0.15, 0.2) is 36.4 Å². The molecule has 0 atom stereocenters. The number of benzene rings is 2. The van der Waals surface area contributed by atoms with Crippen molar-refractivity contribution >= 4 is 51.3 Å². The van der Waals surface area contributed by atoms with Crippen LogP contribution >= 0.6 is 34.2 Å². The highest BCUT2D eigenvalue weighted by atomic mass is 127. The number of halogens is 2. The van der Waals surface area contributed by atoms with Crippen LogP contribution in [-0.2, 0) is 0 Å². The molecular formula is C13H12ClIN2. The van der Waals surface area contributed by atoms with E-state index in [0.717, 1.165) is 31.2 Å². The molecule has 0 saturated heterocycles. The van der Waals surface area contributed by atoms with Crippen LogP contribution in [0.5, 0.6) is 0 Å². The molecule has 0 aliphatic carbocycles. The zero-order chi connectivity index (χ0) is 12.4. The predicted molar refractivity (Wildman–Crippen MR) is 83.0 cm³/mol. The van der Waals surface area contributed by atoms with E-state index in [2.05, 4.69) is 27.9 Å². The van der Waals surface area contributed by atoms with Gasteiger partial charge in [0.15, 0.2) is 0 Å². The largest absolute Gasteiger partial charge is 0.397 e. The third-order valence-electron chi connectivity index (χ3n) is 2.52. The summed E-state index contributed by atoms with van der Waals surface area (Å²) in [5, 5.41) is 4.05. The molecule has 0 heterocycles. The number of hydrogen-bond acceptors (Lipinski definition) is 2. The number of hydrogen-bond donors (Lipinski definition) is 2. The Morgan fingerprint density at radius 3 is 2.65 bits per heavy atom. The molecule has 0 aromatic heterocycles. The zero-order valence-electron chi connectivity index (χ0n) is 9.30. The van der Waals surface area contributed by atoms with Gasteiger partial charge in [-0.15, -0.1) is 0 Å². The summed E-state index contributed by atoms with van der Waals surface area (Å²) in [6.07, 6.45) is 0. The standard InChI is InChI=1S/C13H12ClIN2/c1-8-3-2-4-12(13(8)16)17-11-6-5-9(14)7-10(11)15/h2-7,17H,16H2,1H3. The van der Waals surface area contributed by atoms with Crippen molar-refractivity contribution in [2.75, 3.05) is 11.1 Å². The maximum absolute atomic E-state index is 6.02. The highest BCUT2D eigenvalue weighted by Crippen LogP contribution is 2.29. The van der Waals surface area contributed by atoms with Crippen molar-refractivity contribution in [1.29, 1.82) is 0 Å². The first-order valence-corrected chi connectivity index (χ1v) is 6.61. The van der Waals surface area contributed by atoms with Crippen molar-refractivity contribution < 1.29 is 0 Å². The second kappa shape index (κ2) is 5.14. The maximum Gasteiger partial charge on any atom is 0.0620 e. The second-order valence-electron chi connectivity index (χ2n) is 3.79. The summed E-state index contributed by atoms with van der Waals surface area (Å²) < 4.78 is 1.07. The van der Waals surface area contributed by atoms with Gasteiger partial charge >= 0.3 is 0 Å². The minimum Gasteiger partial charge on any atom is -0.397 e. The van der Waals surface area contributed by atoms with Crippen LogP contribution in [-0.4, -0.2) is 0 Å². The molecule has 2 aromatic carbocycles. The van der Waals surface area contributed by atoms with E-state index in [4.69, 9.17) is 17.3 Å². The molecule has 2 aromatic rings. The smallest absolute Gasteiger partial charge is 0.0620 e. The highest BCUT2D eigenvalue weighted by Gasteiger charge is 2.04. The van der Waals surface area contributed by atoms with Crippen LogP contribution in [0.25, 0.3) is 0 Å². The summed E-state index contributed by atoms with van der Waals surface area (Å²) in [7, 11) is 0. The molecule has 0 aliphatic heterocycles. The van der Waals surface area contributed by atoms with Crippen molar-refractivity contribution in [3.05, 3.63) is 50.6 Å². The molecule has 0 fully saturated rings. The fourth-order valence-corrected chi connectivity index (χ4v) is 2.53. The first-order chi connectivity index (χ1) is 8.08. The van der Waals surface area contributed by atoms with Gasteiger partial charge in [-0.2, -0.15) is 0 Å². The Hall–Kier alpha value is -0.940. The van der Waals surface area contributed by atoms with Gasteiger partial charge in [-0.1, -0.05) is 23.7 Å². The van der Waals surface area contributed by atoms with Crippen LogP contribution in [0, 0.1) is 10.5 Å². The molecular weight excluding hydrogens is 347 g/mol. The summed E-state index contributed by atoms with van der Waals surface area (Å²) in [4.78, 5) is 0. The lowest BCUT2D eigenvalue weighted by Gasteiger charge is -2.12. The van der Waals surface area contributed by atoms with Crippen molar-refractivity contribution in [1.82, 2.24) is 0 Å². The molecule has 0 saturated carbocycles. The van der Waals surface area contributed by atoms with E-state index in [1.807, 2.05) is 43.3 Å². The maximum atomic E-state index is 6.02. The molecule has 0 radical (unpaired) electrons. The Labute approximate surface area is 119 Å². The van der Waals surface area contributed by atoms with Gasteiger partial charge < -0.3 is 11.1 Å². The summed E-state index contributed by atoms with van der Waals surface area (Å²) in [6, 6.07) is 11.7. The third kappa shape index (κ3) is 2.84. The molecule has 0 unspecified atom stereocenters. The number of nitrogens with two attached hydrogens (primary N) is 1. The second-order valence-corrected chi connectivity index (χ2v) is 5.38. The van der Waals surface area contributed by atoms with Crippen molar-refractivity contribution in [3.63, 3.8) is 0 Å². The van der Waals surface area contributed by atoms with Gasteiger partial charge in [-0.3, -0.25) is 0 Å². The monoisotopic (exact) mass is 358 g/mol. The first kappa shape index (κ1) is 12.5. The molecule has 0 amide bonds. The molecule has 2 rings (SSSR count). The lowest BCUT2D eigenvalue weighted by molar-refractivity contribution is 1.44. The van der Waals surface area contributed by atoms with Crippen LogP contribution in [0.1, 0.15) is 5.56 Å². The Morgan fingerprint density at radius 1 is 1.18 bits per heavy atom. The Morgan fingerprint density at radius 2 is 1.94 bits per heavy atom. The number of anilines is 3. The summed E-state index contributed by atoms with van der Waals surface area (Å²) in [5.74, 6) is 0. The Kier molecular flexibility index (Phi) is 3.79. The van der Waals surface area contributed by atoms with Crippen molar-refractivity contribution in [2.24, 2.45) is 0 Å². The van der Waals surface area contributed by atoms with Gasteiger partial charge in [0, 0.05) is 8.59 Å². The van der Waals surface area contributed by atoms with Gasteiger partial charge in [0.05, 0.1) is 17.1 Å². The van der Waals surface area contributed by atoms with Crippen molar-refractivity contribution in [3.8, 4) is 0 Å². The third-order valence-corrected chi connectivity index (χ3v) is 3.65. The van der Waals surface area contributed by atoms with E-state index in [0.29, 0.717) is 0 Å². The molecule has 3 N–H and O–H groups in total. The van der Waals surface area contributed by atoms with Crippen molar-refractivity contribution in [2.45, 2.75) is 6.92 Å². The van der Waals surface area contributed by atoms with Gasteiger partial charge in [-0.25, -0.2) is 0 Å². The number of rotatable bonds is 2. The fraction of sp³-hybridized carbons (Fsp3) is 0.0769. The van der Waals surface area contributed by atoms with Gasteiger partial charge in [0.25, 0.3) is 0 Å². The average Bonchev–Trinajstić information content (AvgIpc) is 2.28. The predicted octanol–water partition coefficient (Wildman–Crippen LogP) is 4.58. The lowest BCUT2D eigenvalue weighted by Crippen LogP contribution is -1.99.